The fraction of sp³-hybridized carbons (Fsp3) is 0.444. The van der Waals surface area contributed by atoms with Crippen LogP contribution in [0.4, 0.5) is 10.7 Å². The van der Waals surface area contributed by atoms with Gasteiger partial charge < -0.3 is 15.0 Å². The number of urea groups is 1. The highest BCUT2D eigenvalue weighted by molar-refractivity contribution is 7.99. The van der Waals surface area contributed by atoms with E-state index in [1.807, 2.05) is 29.7 Å². The monoisotopic (exact) mass is 402 g/mol. The van der Waals surface area contributed by atoms with Gasteiger partial charge in [0.05, 0.1) is 24.7 Å². The maximum Gasteiger partial charge on any atom is 0.324 e. The molecule has 4 rings (SSSR count). The molecule has 2 aromatic rings. The molecule has 0 saturated carbocycles. The second-order valence-electron chi connectivity index (χ2n) is 6.62. The minimum atomic E-state index is -0.334. The van der Waals surface area contributed by atoms with Crippen molar-refractivity contribution in [2.75, 3.05) is 50.0 Å². The molecule has 0 spiro atoms. The highest BCUT2D eigenvalue weighted by atomic mass is 32.2. The lowest BCUT2D eigenvalue weighted by molar-refractivity contribution is -0.124. The topological polar surface area (TPSA) is 92.6 Å². The van der Waals surface area contributed by atoms with Gasteiger partial charge in [0.15, 0.2) is 5.16 Å². The van der Waals surface area contributed by atoms with Gasteiger partial charge in [-0.15, -0.1) is 10.2 Å². The molecule has 1 N–H and O–H groups in total. The minimum absolute atomic E-state index is 0.125. The van der Waals surface area contributed by atoms with Crippen molar-refractivity contribution >= 4 is 29.6 Å². The van der Waals surface area contributed by atoms with Gasteiger partial charge >= 0.3 is 6.03 Å². The molecule has 3 amide bonds. The van der Waals surface area contributed by atoms with E-state index in [-0.39, 0.29) is 17.7 Å². The van der Waals surface area contributed by atoms with Crippen LogP contribution in [0.3, 0.4) is 0 Å². The number of aromatic nitrogens is 3. The van der Waals surface area contributed by atoms with E-state index in [1.165, 1.54) is 16.7 Å². The zero-order valence-corrected chi connectivity index (χ0v) is 16.4. The maximum absolute atomic E-state index is 12.4. The summed E-state index contributed by atoms with van der Waals surface area (Å²) in [6.07, 6.45) is 0. The third-order valence-corrected chi connectivity index (χ3v) is 5.57. The average Bonchev–Trinajstić information content (AvgIpc) is 3.33. The molecule has 3 heterocycles. The van der Waals surface area contributed by atoms with Crippen molar-refractivity contribution in [3.05, 3.63) is 29.8 Å². The summed E-state index contributed by atoms with van der Waals surface area (Å²) in [5.74, 6) is 0.634. The number of carbonyl (C=O) groups excluding carboxylic acids is 2. The third-order valence-electron chi connectivity index (χ3n) is 4.65. The molecule has 0 aliphatic carbocycles. The number of aryl methyl sites for hydroxylation is 1. The Labute approximate surface area is 167 Å². The van der Waals surface area contributed by atoms with Crippen LogP contribution < -0.4 is 10.2 Å². The van der Waals surface area contributed by atoms with Gasteiger partial charge in [-0.05, 0) is 24.6 Å². The number of nitrogens with one attached hydrogen (secondary N) is 1. The number of amides is 3. The molecule has 1 aromatic carbocycles. The number of morpholine rings is 1. The predicted molar refractivity (Wildman–Crippen MR) is 105 cm³/mol. The molecule has 9 nitrogen and oxygen atoms in total. The van der Waals surface area contributed by atoms with Gasteiger partial charge in [0, 0.05) is 26.2 Å². The molecule has 2 fully saturated rings. The summed E-state index contributed by atoms with van der Waals surface area (Å²) in [6.45, 7) is 5.70. The Morgan fingerprint density at radius 1 is 1.25 bits per heavy atom. The van der Waals surface area contributed by atoms with Crippen molar-refractivity contribution in [1.29, 1.82) is 0 Å². The Balaban J connectivity index is 1.60. The lowest BCUT2D eigenvalue weighted by Crippen LogP contribution is -2.38. The van der Waals surface area contributed by atoms with Crippen LogP contribution in [0.1, 0.15) is 5.56 Å². The van der Waals surface area contributed by atoms with Crippen molar-refractivity contribution in [3.8, 4) is 5.69 Å². The Hall–Kier alpha value is -2.59. The van der Waals surface area contributed by atoms with Gasteiger partial charge in [-0.25, -0.2) is 4.79 Å². The lowest BCUT2D eigenvalue weighted by Gasteiger charge is -2.28. The number of nitrogens with zero attached hydrogens (tertiary/aromatic N) is 5. The Morgan fingerprint density at radius 2 is 2.07 bits per heavy atom. The molecule has 0 unspecified atom stereocenters. The third kappa shape index (κ3) is 3.83. The first-order valence-electron chi connectivity index (χ1n) is 9.19. The molecule has 28 heavy (non-hydrogen) atoms. The van der Waals surface area contributed by atoms with Gasteiger partial charge in [-0.2, -0.15) is 0 Å². The number of thioether (sulfide) groups is 1. The van der Waals surface area contributed by atoms with Crippen molar-refractivity contribution in [1.82, 2.24) is 25.0 Å². The van der Waals surface area contributed by atoms with Gasteiger partial charge in [0.25, 0.3) is 0 Å². The molecular weight excluding hydrogens is 380 g/mol. The van der Waals surface area contributed by atoms with Crippen LogP contribution in [0.25, 0.3) is 5.69 Å². The van der Waals surface area contributed by atoms with Crippen LogP contribution in [0, 0.1) is 6.92 Å². The number of rotatable bonds is 5. The zero-order chi connectivity index (χ0) is 19.5. The van der Waals surface area contributed by atoms with Crippen LogP contribution in [0.2, 0.25) is 0 Å². The normalized spacial score (nSPS) is 17.1. The van der Waals surface area contributed by atoms with E-state index in [4.69, 9.17) is 4.74 Å². The first kappa shape index (κ1) is 18.8. The smallest absolute Gasteiger partial charge is 0.324 e. The number of benzene rings is 1. The summed E-state index contributed by atoms with van der Waals surface area (Å²) in [5, 5.41) is 12.0. The van der Waals surface area contributed by atoms with Crippen LogP contribution in [0.5, 0.6) is 0 Å². The number of hydrogen-bond acceptors (Lipinski definition) is 7. The van der Waals surface area contributed by atoms with Crippen LogP contribution in [0.15, 0.2) is 29.4 Å². The molecule has 1 aromatic heterocycles. The van der Waals surface area contributed by atoms with Crippen LogP contribution >= 0.6 is 11.8 Å². The Morgan fingerprint density at radius 3 is 2.79 bits per heavy atom. The van der Waals surface area contributed by atoms with Gasteiger partial charge in [0.2, 0.25) is 11.9 Å². The highest BCUT2D eigenvalue weighted by Gasteiger charge is 2.27. The van der Waals surface area contributed by atoms with E-state index in [1.54, 1.807) is 0 Å². The number of imide groups is 1. The minimum Gasteiger partial charge on any atom is -0.378 e. The second kappa shape index (κ2) is 8.19. The van der Waals surface area contributed by atoms with Crippen molar-refractivity contribution in [2.45, 2.75) is 12.1 Å². The molecule has 148 valence electrons. The summed E-state index contributed by atoms with van der Waals surface area (Å²) < 4.78 is 7.42. The zero-order valence-electron chi connectivity index (χ0n) is 15.6. The van der Waals surface area contributed by atoms with Gasteiger partial charge in [-0.1, -0.05) is 23.9 Å². The fourth-order valence-corrected chi connectivity index (χ4v) is 4.05. The fourth-order valence-electron chi connectivity index (χ4n) is 3.23. The number of carbonyl (C=O) groups is 2. The van der Waals surface area contributed by atoms with Crippen LogP contribution in [-0.4, -0.2) is 76.7 Å². The summed E-state index contributed by atoms with van der Waals surface area (Å²) in [4.78, 5) is 27.5. The summed E-state index contributed by atoms with van der Waals surface area (Å²) in [5.41, 5.74) is 2.07. The molecule has 10 heteroatoms. The van der Waals surface area contributed by atoms with Gasteiger partial charge in [0.1, 0.15) is 0 Å². The van der Waals surface area contributed by atoms with E-state index in [2.05, 4.69) is 26.5 Å². The first-order chi connectivity index (χ1) is 13.6. The summed E-state index contributed by atoms with van der Waals surface area (Å²) in [7, 11) is 0. The molecule has 0 bridgehead atoms. The highest BCUT2D eigenvalue weighted by Crippen LogP contribution is 2.28. The largest absolute Gasteiger partial charge is 0.378 e. The van der Waals surface area contributed by atoms with Crippen molar-refractivity contribution in [2.24, 2.45) is 0 Å². The van der Waals surface area contributed by atoms with E-state index >= 15 is 0 Å². The van der Waals surface area contributed by atoms with Gasteiger partial charge in [-0.3, -0.25) is 14.3 Å². The number of ether oxygens (including phenoxy) is 1. The number of anilines is 1. The molecule has 0 atom stereocenters. The lowest BCUT2D eigenvalue weighted by atomic mass is 10.2. The molecule has 2 saturated heterocycles. The van der Waals surface area contributed by atoms with Crippen LogP contribution in [-0.2, 0) is 9.53 Å². The quantitative estimate of drug-likeness (QED) is 0.748. The van der Waals surface area contributed by atoms with E-state index in [9.17, 15) is 9.59 Å². The van der Waals surface area contributed by atoms with Crippen molar-refractivity contribution < 1.29 is 14.3 Å². The SMILES string of the molecule is Cc1cccc(-n2c(SCC(=O)N3CCNC3=O)nnc2N2CCOCC2)c1. The molecule has 2 aliphatic rings. The van der Waals surface area contributed by atoms with Crippen molar-refractivity contribution in [3.63, 3.8) is 0 Å². The average molecular weight is 402 g/mol. The van der Waals surface area contributed by atoms with E-state index < -0.39 is 0 Å². The second-order valence-corrected chi connectivity index (χ2v) is 7.56. The van der Waals surface area contributed by atoms with E-state index in [0.717, 1.165) is 30.3 Å². The summed E-state index contributed by atoms with van der Waals surface area (Å²) >= 11 is 1.29. The molecular formula is C18H22N6O3S. The summed E-state index contributed by atoms with van der Waals surface area (Å²) in [6, 6.07) is 7.75. The first-order valence-corrected chi connectivity index (χ1v) is 10.2. The van der Waals surface area contributed by atoms with E-state index in [0.29, 0.717) is 31.5 Å². The standard InChI is InChI=1S/C18H22N6O3S/c1-13-3-2-4-14(11-13)24-16(22-7-9-27-10-8-22)20-21-18(24)28-12-15(25)23-6-5-19-17(23)26/h2-4,11H,5-10,12H2,1H3,(H,19,26). The molecule has 0 radical (unpaired) electrons. The Kier molecular flexibility index (Phi) is 5.49. The number of hydrogen-bond donors (Lipinski definition) is 1. The Bertz CT molecular complexity index is 880. The molecule has 2 aliphatic heterocycles. The maximum atomic E-state index is 12.4. The predicted octanol–water partition coefficient (Wildman–Crippen LogP) is 1.06.